The zero-order chi connectivity index (χ0) is 18.4. The number of amides is 2. The number of nitrogens with zero attached hydrogens (tertiary/aromatic N) is 1. The van der Waals surface area contributed by atoms with E-state index in [2.05, 4.69) is 19.2 Å². The molecule has 0 aliphatic carbocycles. The van der Waals surface area contributed by atoms with Crippen LogP contribution >= 0.6 is 12.4 Å². The summed E-state index contributed by atoms with van der Waals surface area (Å²) in [6.07, 6.45) is 2.07. The molecule has 0 radical (unpaired) electrons. The van der Waals surface area contributed by atoms with Crippen LogP contribution in [0.2, 0.25) is 0 Å². The van der Waals surface area contributed by atoms with Gasteiger partial charge in [-0.05, 0) is 31.2 Å². The van der Waals surface area contributed by atoms with Gasteiger partial charge in [0.25, 0.3) is 0 Å². The Hall–Kier alpha value is -1.59. The first kappa shape index (κ1) is 22.5. The van der Waals surface area contributed by atoms with E-state index < -0.39 is 5.54 Å². The number of rotatable bonds is 6. The number of hydrogen-bond donors (Lipinski definition) is 2. The van der Waals surface area contributed by atoms with Crippen LogP contribution in [0.4, 0.5) is 0 Å². The number of likely N-dealkylation sites (tertiary alicyclic amines) is 1. The van der Waals surface area contributed by atoms with E-state index in [-0.39, 0.29) is 36.1 Å². The molecule has 6 heteroatoms. The second-order valence-electron chi connectivity index (χ2n) is 7.61. The number of hydrogen-bond acceptors (Lipinski definition) is 3. The summed E-state index contributed by atoms with van der Waals surface area (Å²) in [6.45, 7) is 7.73. The number of halogens is 1. The molecular formula is C20H32ClN3O2. The summed E-state index contributed by atoms with van der Waals surface area (Å²) in [6, 6.07) is 9.74. The SMILES string of the molecule is CC(C)C(C)(CN)NC(=O)C1CCCN(C(=O)Cc2ccccc2)C1.Cl. The standard InChI is InChI=1S/C20H31N3O2.ClH/c1-15(2)20(3,14-21)22-19(25)17-10-7-11-23(13-17)18(24)12-16-8-5-4-6-9-16;/h4-6,8-9,15,17H,7,10-14,21H2,1-3H3,(H,22,25);1H. The zero-order valence-corrected chi connectivity index (χ0v) is 16.8. The minimum atomic E-state index is -0.409. The molecule has 2 rings (SSSR count). The number of nitrogens with one attached hydrogen (secondary N) is 1. The molecule has 0 bridgehead atoms. The Morgan fingerprint density at radius 2 is 1.96 bits per heavy atom. The van der Waals surface area contributed by atoms with Gasteiger partial charge in [0, 0.05) is 19.6 Å². The number of benzene rings is 1. The normalized spacial score (nSPS) is 19.4. The topological polar surface area (TPSA) is 75.4 Å². The Kier molecular flexibility index (Phi) is 8.57. The van der Waals surface area contributed by atoms with Crippen molar-refractivity contribution in [2.24, 2.45) is 17.6 Å². The molecular weight excluding hydrogens is 350 g/mol. The lowest BCUT2D eigenvalue weighted by Gasteiger charge is -2.37. The van der Waals surface area contributed by atoms with E-state index in [4.69, 9.17) is 5.73 Å². The Bertz CT molecular complexity index is 594. The Balaban J connectivity index is 0.00000338. The predicted octanol–water partition coefficient (Wildman–Crippen LogP) is 2.38. The largest absolute Gasteiger partial charge is 0.349 e. The summed E-state index contributed by atoms with van der Waals surface area (Å²) >= 11 is 0. The van der Waals surface area contributed by atoms with Crippen molar-refractivity contribution in [1.29, 1.82) is 0 Å². The molecule has 0 saturated carbocycles. The highest BCUT2D eigenvalue weighted by molar-refractivity contribution is 5.85. The van der Waals surface area contributed by atoms with Gasteiger partial charge in [-0.2, -0.15) is 0 Å². The molecule has 1 saturated heterocycles. The van der Waals surface area contributed by atoms with Crippen LogP contribution in [0.3, 0.4) is 0 Å². The van der Waals surface area contributed by atoms with Crippen LogP contribution < -0.4 is 11.1 Å². The third kappa shape index (κ3) is 5.71. The van der Waals surface area contributed by atoms with Crippen molar-refractivity contribution >= 4 is 24.2 Å². The van der Waals surface area contributed by atoms with E-state index in [1.165, 1.54) is 0 Å². The quantitative estimate of drug-likeness (QED) is 0.794. The zero-order valence-electron chi connectivity index (χ0n) is 16.0. The average molecular weight is 382 g/mol. The van der Waals surface area contributed by atoms with Crippen molar-refractivity contribution in [3.05, 3.63) is 35.9 Å². The van der Waals surface area contributed by atoms with Gasteiger partial charge in [-0.25, -0.2) is 0 Å². The van der Waals surface area contributed by atoms with Gasteiger partial charge in [0.2, 0.25) is 11.8 Å². The van der Waals surface area contributed by atoms with Crippen LogP contribution in [-0.4, -0.2) is 41.9 Å². The maximum Gasteiger partial charge on any atom is 0.227 e. The minimum absolute atomic E-state index is 0. The van der Waals surface area contributed by atoms with Crippen molar-refractivity contribution < 1.29 is 9.59 Å². The summed E-state index contributed by atoms with van der Waals surface area (Å²) in [5, 5.41) is 3.12. The first-order valence-corrected chi connectivity index (χ1v) is 9.19. The molecule has 1 fully saturated rings. The third-order valence-electron chi connectivity index (χ3n) is 5.45. The summed E-state index contributed by atoms with van der Waals surface area (Å²) in [5.74, 6) is 0.201. The summed E-state index contributed by atoms with van der Waals surface area (Å²) in [7, 11) is 0. The van der Waals surface area contributed by atoms with Crippen molar-refractivity contribution in [3.8, 4) is 0 Å². The van der Waals surface area contributed by atoms with Crippen LogP contribution in [-0.2, 0) is 16.0 Å². The first-order chi connectivity index (χ1) is 11.9. The molecule has 1 aliphatic rings. The van der Waals surface area contributed by atoms with Crippen LogP contribution in [0.25, 0.3) is 0 Å². The van der Waals surface area contributed by atoms with Crippen molar-refractivity contribution in [1.82, 2.24) is 10.2 Å². The Morgan fingerprint density at radius 1 is 1.31 bits per heavy atom. The van der Waals surface area contributed by atoms with E-state index in [1.54, 1.807) is 0 Å². The molecule has 2 amide bonds. The van der Waals surface area contributed by atoms with Gasteiger partial charge in [0.1, 0.15) is 0 Å². The van der Waals surface area contributed by atoms with Crippen molar-refractivity contribution in [2.45, 2.75) is 45.6 Å². The summed E-state index contributed by atoms with van der Waals surface area (Å²) in [4.78, 5) is 27.1. The van der Waals surface area contributed by atoms with E-state index in [9.17, 15) is 9.59 Å². The molecule has 2 atom stereocenters. The van der Waals surface area contributed by atoms with Gasteiger partial charge < -0.3 is 16.0 Å². The predicted molar refractivity (Wildman–Crippen MR) is 107 cm³/mol. The maximum atomic E-state index is 12.7. The van der Waals surface area contributed by atoms with Crippen LogP contribution in [0, 0.1) is 11.8 Å². The lowest BCUT2D eigenvalue weighted by atomic mass is 9.87. The second-order valence-corrected chi connectivity index (χ2v) is 7.61. The van der Waals surface area contributed by atoms with Gasteiger partial charge in [-0.1, -0.05) is 44.2 Å². The van der Waals surface area contributed by atoms with Gasteiger partial charge in [0.05, 0.1) is 17.9 Å². The fourth-order valence-electron chi connectivity index (χ4n) is 3.11. The van der Waals surface area contributed by atoms with Gasteiger partial charge in [-0.3, -0.25) is 9.59 Å². The molecule has 1 aromatic rings. The summed E-state index contributed by atoms with van der Waals surface area (Å²) < 4.78 is 0. The van der Waals surface area contributed by atoms with E-state index in [0.29, 0.717) is 19.5 Å². The molecule has 1 heterocycles. The van der Waals surface area contributed by atoms with Crippen LogP contribution in [0.15, 0.2) is 30.3 Å². The van der Waals surface area contributed by atoms with E-state index in [0.717, 1.165) is 24.9 Å². The summed E-state index contributed by atoms with van der Waals surface area (Å²) in [5.41, 5.74) is 6.47. The fourth-order valence-corrected chi connectivity index (χ4v) is 3.11. The molecule has 5 nitrogen and oxygen atoms in total. The molecule has 26 heavy (non-hydrogen) atoms. The molecule has 0 aromatic heterocycles. The third-order valence-corrected chi connectivity index (χ3v) is 5.45. The van der Waals surface area contributed by atoms with E-state index in [1.807, 2.05) is 42.2 Å². The first-order valence-electron chi connectivity index (χ1n) is 9.19. The number of piperidine rings is 1. The van der Waals surface area contributed by atoms with Crippen molar-refractivity contribution in [2.75, 3.05) is 19.6 Å². The van der Waals surface area contributed by atoms with Crippen LogP contribution in [0.1, 0.15) is 39.2 Å². The average Bonchev–Trinajstić information content (AvgIpc) is 2.62. The van der Waals surface area contributed by atoms with E-state index >= 15 is 0 Å². The molecule has 1 aromatic carbocycles. The smallest absolute Gasteiger partial charge is 0.227 e. The Labute approximate surface area is 163 Å². The lowest BCUT2D eigenvalue weighted by Crippen LogP contribution is -2.58. The lowest BCUT2D eigenvalue weighted by molar-refractivity contribution is -0.135. The van der Waals surface area contributed by atoms with Crippen molar-refractivity contribution in [3.63, 3.8) is 0 Å². The highest BCUT2D eigenvalue weighted by Crippen LogP contribution is 2.21. The number of nitrogens with two attached hydrogens (primary N) is 1. The fraction of sp³-hybridized carbons (Fsp3) is 0.600. The molecule has 0 spiro atoms. The van der Waals surface area contributed by atoms with Crippen LogP contribution in [0.5, 0.6) is 0 Å². The monoisotopic (exact) mass is 381 g/mol. The number of carbonyl (C=O) groups excluding carboxylic acids is 2. The molecule has 2 unspecified atom stereocenters. The highest BCUT2D eigenvalue weighted by atomic mass is 35.5. The minimum Gasteiger partial charge on any atom is -0.349 e. The highest BCUT2D eigenvalue weighted by Gasteiger charge is 2.34. The molecule has 1 aliphatic heterocycles. The number of carbonyl (C=O) groups is 2. The molecule has 3 N–H and O–H groups in total. The van der Waals surface area contributed by atoms with Gasteiger partial charge >= 0.3 is 0 Å². The van der Waals surface area contributed by atoms with Gasteiger partial charge in [-0.15, -0.1) is 12.4 Å². The molecule has 146 valence electrons. The van der Waals surface area contributed by atoms with Gasteiger partial charge in [0.15, 0.2) is 0 Å². The second kappa shape index (κ2) is 9.93. The maximum absolute atomic E-state index is 12.7. The Morgan fingerprint density at radius 3 is 2.54 bits per heavy atom.